The molecule has 0 atom stereocenters. The number of rotatable bonds is 2. The molecule has 1 fully saturated rings. The van der Waals surface area contributed by atoms with E-state index in [1.165, 1.54) is 0 Å². The highest BCUT2D eigenvalue weighted by atomic mass is 32.2. The number of aryl methyl sites for hydroxylation is 1. The van der Waals surface area contributed by atoms with Crippen LogP contribution in [-0.4, -0.2) is 35.2 Å². The SMILES string of the molecule is Cc1cc(C#CCO)cc(C(=O)NC2CCSCC2)c1. The molecule has 0 saturated carbocycles. The summed E-state index contributed by atoms with van der Waals surface area (Å²) in [5.74, 6) is 7.67. The first-order valence-corrected chi connectivity index (χ1v) is 7.94. The second-order valence-corrected chi connectivity index (χ2v) is 6.13. The summed E-state index contributed by atoms with van der Waals surface area (Å²) in [4.78, 5) is 12.3. The van der Waals surface area contributed by atoms with E-state index in [4.69, 9.17) is 5.11 Å². The van der Waals surface area contributed by atoms with Crippen LogP contribution in [0.25, 0.3) is 0 Å². The van der Waals surface area contributed by atoms with Crippen molar-refractivity contribution in [1.29, 1.82) is 0 Å². The van der Waals surface area contributed by atoms with E-state index in [-0.39, 0.29) is 18.6 Å². The second-order valence-electron chi connectivity index (χ2n) is 4.91. The zero-order valence-corrected chi connectivity index (χ0v) is 12.4. The first-order valence-electron chi connectivity index (χ1n) is 6.79. The summed E-state index contributed by atoms with van der Waals surface area (Å²) in [6.45, 7) is 1.77. The maximum atomic E-state index is 12.3. The Morgan fingerprint density at radius 2 is 2.15 bits per heavy atom. The molecule has 1 heterocycles. The minimum absolute atomic E-state index is 0.0300. The average molecular weight is 289 g/mol. The average Bonchev–Trinajstić information content (AvgIpc) is 2.45. The molecule has 1 saturated heterocycles. The fourth-order valence-electron chi connectivity index (χ4n) is 2.24. The number of hydrogen-bond donors (Lipinski definition) is 2. The van der Waals surface area contributed by atoms with Crippen LogP contribution in [0, 0.1) is 18.8 Å². The van der Waals surface area contributed by atoms with Crippen molar-refractivity contribution in [2.24, 2.45) is 0 Å². The Kier molecular flexibility index (Phi) is 5.51. The summed E-state index contributed by atoms with van der Waals surface area (Å²) in [6.07, 6.45) is 2.08. The number of aliphatic hydroxyl groups is 1. The third kappa shape index (κ3) is 4.29. The van der Waals surface area contributed by atoms with Gasteiger partial charge in [0.2, 0.25) is 0 Å². The van der Waals surface area contributed by atoms with Crippen molar-refractivity contribution in [3.05, 3.63) is 34.9 Å². The van der Waals surface area contributed by atoms with Gasteiger partial charge in [-0.2, -0.15) is 11.8 Å². The van der Waals surface area contributed by atoms with Gasteiger partial charge in [-0.3, -0.25) is 4.79 Å². The van der Waals surface area contributed by atoms with Crippen molar-refractivity contribution in [3.8, 4) is 11.8 Å². The molecule has 0 aliphatic carbocycles. The van der Waals surface area contributed by atoms with Gasteiger partial charge in [0.15, 0.2) is 0 Å². The number of nitrogens with one attached hydrogen (secondary N) is 1. The van der Waals surface area contributed by atoms with Gasteiger partial charge in [0.1, 0.15) is 6.61 Å². The lowest BCUT2D eigenvalue weighted by atomic mass is 10.0. The summed E-state index contributed by atoms with van der Waals surface area (Å²) in [5.41, 5.74) is 2.41. The van der Waals surface area contributed by atoms with E-state index in [9.17, 15) is 4.79 Å². The van der Waals surface area contributed by atoms with E-state index in [1.807, 2.05) is 30.8 Å². The van der Waals surface area contributed by atoms with Crippen LogP contribution in [0.4, 0.5) is 0 Å². The number of aliphatic hydroxyl groups excluding tert-OH is 1. The van der Waals surface area contributed by atoms with Gasteiger partial charge < -0.3 is 10.4 Å². The van der Waals surface area contributed by atoms with Gasteiger partial charge >= 0.3 is 0 Å². The molecule has 4 heteroatoms. The number of carbonyl (C=O) groups excluding carboxylic acids is 1. The molecule has 3 nitrogen and oxygen atoms in total. The molecule has 0 aromatic heterocycles. The quantitative estimate of drug-likeness (QED) is 0.818. The summed E-state index contributed by atoms with van der Waals surface area (Å²) < 4.78 is 0. The topological polar surface area (TPSA) is 49.3 Å². The largest absolute Gasteiger partial charge is 0.384 e. The molecule has 1 aromatic carbocycles. The van der Waals surface area contributed by atoms with Gasteiger partial charge in [-0.25, -0.2) is 0 Å². The van der Waals surface area contributed by atoms with Crippen molar-refractivity contribution in [1.82, 2.24) is 5.32 Å². The molecular weight excluding hydrogens is 270 g/mol. The molecule has 1 aliphatic heterocycles. The summed E-state index contributed by atoms with van der Waals surface area (Å²) >= 11 is 1.94. The Labute approximate surface area is 124 Å². The van der Waals surface area contributed by atoms with Crippen molar-refractivity contribution >= 4 is 17.7 Å². The predicted molar refractivity (Wildman–Crippen MR) is 83.0 cm³/mol. The van der Waals surface area contributed by atoms with Crippen LogP contribution in [0.1, 0.15) is 34.3 Å². The summed E-state index contributed by atoms with van der Waals surface area (Å²) in [6, 6.07) is 5.85. The first-order chi connectivity index (χ1) is 9.69. The smallest absolute Gasteiger partial charge is 0.251 e. The lowest BCUT2D eigenvalue weighted by Crippen LogP contribution is -2.37. The second kappa shape index (κ2) is 7.37. The maximum Gasteiger partial charge on any atom is 0.251 e. The number of thioether (sulfide) groups is 1. The highest BCUT2D eigenvalue weighted by Crippen LogP contribution is 2.17. The van der Waals surface area contributed by atoms with Gasteiger partial charge in [0.05, 0.1) is 0 Å². The van der Waals surface area contributed by atoms with Gasteiger partial charge in [-0.1, -0.05) is 11.8 Å². The van der Waals surface area contributed by atoms with Crippen molar-refractivity contribution in [2.45, 2.75) is 25.8 Å². The van der Waals surface area contributed by atoms with Gasteiger partial charge in [0, 0.05) is 17.2 Å². The highest BCUT2D eigenvalue weighted by Gasteiger charge is 2.17. The van der Waals surface area contributed by atoms with Gasteiger partial charge in [0.25, 0.3) is 5.91 Å². The van der Waals surface area contributed by atoms with Gasteiger partial charge in [-0.15, -0.1) is 0 Å². The molecule has 0 spiro atoms. The van der Waals surface area contributed by atoms with Crippen LogP contribution < -0.4 is 5.32 Å². The van der Waals surface area contributed by atoms with Crippen LogP contribution >= 0.6 is 11.8 Å². The third-order valence-corrected chi connectivity index (χ3v) is 4.26. The predicted octanol–water partition coefficient (Wildman–Crippen LogP) is 1.96. The lowest BCUT2D eigenvalue weighted by Gasteiger charge is -2.22. The van der Waals surface area contributed by atoms with E-state index in [0.717, 1.165) is 35.5 Å². The fourth-order valence-corrected chi connectivity index (χ4v) is 3.35. The maximum absolute atomic E-state index is 12.3. The molecule has 0 unspecified atom stereocenters. The third-order valence-electron chi connectivity index (χ3n) is 3.21. The fraction of sp³-hybridized carbons (Fsp3) is 0.438. The molecule has 1 aliphatic rings. The van der Waals surface area contributed by atoms with Crippen LogP contribution in [0.15, 0.2) is 18.2 Å². The van der Waals surface area contributed by atoms with Crippen LogP contribution in [-0.2, 0) is 0 Å². The number of amides is 1. The minimum atomic E-state index is -0.171. The molecule has 20 heavy (non-hydrogen) atoms. The molecule has 1 aromatic rings. The zero-order valence-electron chi connectivity index (χ0n) is 11.6. The Morgan fingerprint density at radius 3 is 2.85 bits per heavy atom. The van der Waals surface area contributed by atoms with Crippen LogP contribution in [0.5, 0.6) is 0 Å². The summed E-state index contributed by atoms with van der Waals surface area (Å²) in [7, 11) is 0. The molecule has 0 radical (unpaired) electrons. The van der Waals surface area contributed by atoms with E-state index in [0.29, 0.717) is 5.56 Å². The van der Waals surface area contributed by atoms with E-state index in [2.05, 4.69) is 17.2 Å². The highest BCUT2D eigenvalue weighted by molar-refractivity contribution is 7.99. The Balaban J connectivity index is 2.10. The Morgan fingerprint density at radius 1 is 1.40 bits per heavy atom. The standard InChI is InChI=1S/C16H19NO2S/c1-12-9-13(3-2-6-18)11-14(10-12)16(19)17-15-4-7-20-8-5-15/h9-11,15,18H,4-8H2,1H3,(H,17,19). The van der Waals surface area contributed by atoms with Crippen molar-refractivity contribution < 1.29 is 9.90 Å². The first kappa shape index (κ1) is 15.0. The minimum Gasteiger partial charge on any atom is -0.384 e. The van der Waals surface area contributed by atoms with Gasteiger partial charge in [-0.05, 0) is 55.0 Å². The molecule has 106 valence electrons. The van der Waals surface area contributed by atoms with Crippen molar-refractivity contribution in [3.63, 3.8) is 0 Å². The normalized spacial score (nSPS) is 15.3. The zero-order chi connectivity index (χ0) is 14.4. The van der Waals surface area contributed by atoms with E-state index >= 15 is 0 Å². The van der Waals surface area contributed by atoms with Crippen LogP contribution in [0.3, 0.4) is 0 Å². The Bertz CT molecular complexity index is 539. The molecule has 2 rings (SSSR count). The summed E-state index contributed by atoms with van der Waals surface area (Å²) in [5, 5.41) is 11.8. The monoisotopic (exact) mass is 289 g/mol. The number of carbonyl (C=O) groups is 1. The van der Waals surface area contributed by atoms with Crippen molar-refractivity contribution in [2.75, 3.05) is 18.1 Å². The molecule has 2 N–H and O–H groups in total. The molecular formula is C16H19NO2S. The molecule has 1 amide bonds. The van der Waals surface area contributed by atoms with Crippen LogP contribution in [0.2, 0.25) is 0 Å². The van der Waals surface area contributed by atoms with E-state index < -0.39 is 0 Å². The number of benzene rings is 1. The van der Waals surface area contributed by atoms with E-state index in [1.54, 1.807) is 6.07 Å². The lowest BCUT2D eigenvalue weighted by molar-refractivity contribution is 0.0934. The number of hydrogen-bond acceptors (Lipinski definition) is 3. The molecule has 0 bridgehead atoms. The Hall–Kier alpha value is -1.44.